The largest absolute Gasteiger partial charge is 0.505 e. The highest BCUT2D eigenvalue weighted by atomic mass is 35.5. The van der Waals surface area contributed by atoms with E-state index in [4.69, 9.17) is 21.4 Å². The first-order valence-electron chi connectivity index (χ1n) is 15.9. The van der Waals surface area contributed by atoms with Crippen LogP contribution >= 0.6 is 23.6 Å². The molecule has 0 aliphatic rings. The van der Waals surface area contributed by atoms with Crippen molar-refractivity contribution >= 4 is 109 Å². The fraction of sp³-hybridized carbons (Fsp3) is 0.129. The summed E-state index contributed by atoms with van der Waals surface area (Å²) in [7, 11) is -17.8. The first kappa shape index (κ1) is 45.2. The zero-order valence-electron chi connectivity index (χ0n) is 29.6. The van der Waals surface area contributed by atoms with E-state index in [1.54, 1.807) is 13.0 Å². The number of hydrogen-bond donors (Lipinski definition) is 5. The van der Waals surface area contributed by atoms with Crippen molar-refractivity contribution in [1.82, 2.24) is 15.0 Å². The third-order valence-corrected chi connectivity index (χ3v) is 12.9. The van der Waals surface area contributed by atoms with Gasteiger partial charge < -0.3 is 15.3 Å². The Morgan fingerprint density at radius 3 is 2.27 bits per heavy atom. The van der Waals surface area contributed by atoms with Crippen molar-refractivity contribution in [3.05, 3.63) is 84.0 Å². The van der Waals surface area contributed by atoms with Crippen LogP contribution in [0.4, 0.5) is 34.6 Å². The minimum atomic E-state index is -4.99. The van der Waals surface area contributed by atoms with E-state index in [1.807, 2.05) is 0 Å². The van der Waals surface area contributed by atoms with Crippen LogP contribution in [0.2, 0.25) is 5.28 Å². The van der Waals surface area contributed by atoms with Gasteiger partial charge in [-0.15, -0.1) is 9.45 Å². The molecule has 4 aromatic carbocycles. The number of nitrogens with zero attached hydrogens (tertiary/aromatic N) is 6. The molecule has 0 bridgehead atoms. The van der Waals surface area contributed by atoms with Crippen LogP contribution in [0, 0.1) is 0 Å². The Kier molecular flexibility index (Phi) is 13.9. The van der Waals surface area contributed by atoms with Crippen LogP contribution < -0.4 is 10.2 Å². The zero-order chi connectivity index (χ0) is 43.3. The molecule has 59 heavy (non-hydrogen) atoms. The van der Waals surface area contributed by atoms with Gasteiger partial charge in [0.1, 0.15) is 10.6 Å². The van der Waals surface area contributed by atoms with Crippen LogP contribution in [-0.4, -0.2) is 87.0 Å². The van der Waals surface area contributed by atoms with Gasteiger partial charge in [-0.25, -0.2) is 26.3 Å². The molecule has 0 saturated heterocycles. The molecule has 0 radical (unpaired) electrons. The van der Waals surface area contributed by atoms with Crippen LogP contribution in [-0.2, 0) is 53.7 Å². The van der Waals surface area contributed by atoms with Crippen molar-refractivity contribution in [1.29, 1.82) is 0 Å². The summed E-state index contributed by atoms with van der Waals surface area (Å²) in [6, 6.07) is 13.6. The number of rotatable bonds is 18. The Morgan fingerprint density at radius 2 is 1.64 bits per heavy atom. The number of anilines is 4. The summed E-state index contributed by atoms with van der Waals surface area (Å²) in [5.41, 5.74) is -0.187. The van der Waals surface area contributed by atoms with Crippen molar-refractivity contribution in [2.24, 2.45) is 10.2 Å². The molecule has 0 fully saturated rings. The van der Waals surface area contributed by atoms with E-state index in [1.165, 1.54) is 35.2 Å². The van der Waals surface area contributed by atoms with Crippen molar-refractivity contribution in [3.63, 3.8) is 0 Å². The van der Waals surface area contributed by atoms with Crippen LogP contribution in [0.15, 0.2) is 109 Å². The smallest absolute Gasteiger partial charge is 0.397 e. The molecule has 0 spiro atoms. The van der Waals surface area contributed by atoms with Crippen molar-refractivity contribution in [2.45, 2.75) is 26.5 Å². The van der Waals surface area contributed by atoms with Gasteiger partial charge in [0.05, 0.1) is 55.8 Å². The Labute approximate surface area is 344 Å². The molecule has 0 atom stereocenters. The molecule has 5 rings (SSSR count). The van der Waals surface area contributed by atoms with Gasteiger partial charge >= 0.3 is 10.4 Å². The number of hydrogen-bond acceptors (Lipinski definition) is 21. The van der Waals surface area contributed by atoms with E-state index < -0.39 is 68.9 Å². The number of aromatic nitrogens is 3. The Hall–Kier alpha value is -4.91. The molecule has 5 aromatic rings. The Balaban J connectivity index is 1.59. The lowest BCUT2D eigenvalue weighted by Crippen LogP contribution is -2.20. The van der Waals surface area contributed by atoms with Crippen molar-refractivity contribution in [2.75, 3.05) is 29.1 Å². The molecular weight excluding hydrogens is 906 g/mol. The molecule has 1 aromatic heterocycles. The van der Waals surface area contributed by atoms with E-state index in [2.05, 4.69) is 50.6 Å². The second-order valence-electron chi connectivity index (χ2n) is 11.4. The highest BCUT2D eigenvalue weighted by Crippen LogP contribution is 2.48. The number of azo groups is 1. The van der Waals surface area contributed by atoms with Gasteiger partial charge in [0.15, 0.2) is 25.4 Å². The van der Waals surface area contributed by atoms with Crippen molar-refractivity contribution < 1.29 is 66.7 Å². The summed E-state index contributed by atoms with van der Waals surface area (Å²) >= 11 is 6.52. The van der Waals surface area contributed by atoms with E-state index in [9.17, 15) is 43.3 Å². The molecule has 0 unspecified atom stereocenters. The predicted octanol–water partition coefficient (Wildman–Crippen LogP) is 5.89. The standard InChI is InChI=1S/C31H28ClN7O15S5/c1-3-39(19-6-5-7-21(16-19)56(42,43)4-2)31-35-29(32)34-30(36-31)33-23-12-13-25(58(46,47)48)22-17-24(55-54-53-41)27(28(40)26(22)23)38-37-18-8-10-20(11-9-18)57(44,45)15-14-52-59(49,50)51/h4-13,16-17,40-41H,2-3,14-15H2,1H3,(H,46,47,48)(H,49,50,51)(H,33,34,35,36). The number of nitrogens with one attached hydrogen (secondary N) is 1. The maximum atomic E-state index is 12.6. The molecule has 0 aliphatic heterocycles. The number of sulfone groups is 2. The summed E-state index contributed by atoms with van der Waals surface area (Å²) in [6.45, 7) is 4.40. The SMILES string of the molecule is C=CS(=O)(=O)c1cccc(N(CC)c2nc(Cl)nc(Nc3ccc(S(=O)(=O)O)c4cc(SOOO)c(N=Nc5ccc(S(=O)(=O)CCOS(=O)(=O)O)cc5)c(O)c34)n2)c1. The second kappa shape index (κ2) is 18.1. The Bertz CT molecular complexity index is 2910. The first-order chi connectivity index (χ1) is 27.7. The predicted molar refractivity (Wildman–Crippen MR) is 211 cm³/mol. The molecule has 22 nitrogen and oxygen atoms in total. The first-order valence-corrected chi connectivity index (χ1v) is 23.0. The fourth-order valence-electron chi connectivity index (χ4n) is 5.17. The highest BCUT2D eigenvalue weighted by molar-refractivity contribution is 7.95. The summed E-state index contributed by atoms with van der Waals surface area (Å²) < 4.78 is 124. The molecule has 314 valence electrons. The van der Waals surface area contributed by atoms with Crippen molar-refractivity contribution in [3.8, 4) is 5.75 Å². The van der Waals surface area contributed by atoms with Gasteiger partial charge in [-0.2, -0.15) is 36.9 Å². The van der Waals surface area contributed by atoms with Gasteiger partial charge in [0, 0.05) is 23.0 Å². The van der Waals surface area contributed by atoms with E-state index >= 15 is 0 Å². The monoisotopic (exact) mass is 933 g/mol. The molecule has 1 heterocycles. The fourth-order valence-corrected chi connectivity index (χ4v) is 8.73. The van der Waals surface area contributed by atoms with E-state index in [0.717, 1.165) is 35.7 Å². The maximum Gasteiger partial charge on any atom is 0.397 e. The zero-order valence-corrected chi connectivity index (χ0v) is 34.5. The number of aromatic hydroxyl groups is 1. The summed E-state index contributed by atoms with van der Waals surface area (Å²) in [5.74, 6) is -1.92. The van der Waals surface area contributed by atoms with Gasteiger partial charge in [-0.1, -0.05) is 17.7 Å². The summed E-state index contributed by atoms with van der Waals surface area (Å²) in [6.07, 6.45) is 0. The van der Waals surface area contributed by atoms with Crippen LogP contribution in [0.5, 0.6) is 5.75 Å². The number of fused-ring (bicyclic) bond motifs is 1. The number of benzene rings is 4. The van der Waals surface area contributed by atoms with Gasteiger partial charge in [0.25, 0.3) is 10.1 Å². The third kappa shape index (κ3) is 11.0. The second-order valence-corrected chi connectivity index (χ2v) is 18.9. The average molecular weight is 934 g/mol. The molecule has 5 N–H and O–H groups in total. The van der Waals surface area contributed by atoms with E-state index in [-0.39, 0.29) is 72.6 Å². The minimum Gasteiger partial charge on any atom is -0.505 e. The quantitative estimate of drug-likeness (QED) is 0.0225. The number of phenolic OH excluding ortho intramolecular Hbond substituents is 1. The third-order valence-electron chi connectivity index (χ3n) is 7.73. The normalized spacial score (nSPS) is 12.6. The lowest BCUT2D eigenvalue weighted by Gasteiger charge is -2.22. The number of halogens is 1. The summed E-state index contributed by atoms with van der Waals surface area (Å²) in [5, 5.41) is 34.9. The Morgan fingerprint density at radius 1 is 0.932 bits per heavy atom. The molecular formula is C31H28ClN7O15S5. The highest BCUT2D eigenvalue weighted by Gasteiger charge is 2.25. The topological polar surface area (TPSA) is 324 Å². The molecule has 0 aliphatic carbocycles. The lowest BCUT2D eigenvalue weighted by atomic mass is 10.1. The van der Waals surface area contributed by atoms with Gasteiger partial charge in [-0.05, 0) is 79.2 Å². The molecule has 28 heteroatoms. The van der Waals surface area contributed by atoms with Crippen LogP contribution in [0.1, 0.15) is 6.92 Å². The number of phenols is 1. The average Bonchev–Trinajstić information content (AvgIpc) is 3.16. The van der Waals surface area contributed by atoms with Gasteiger partial charge in [0.2, 0.25) is 17.2 Å². The van der Waals surface area contributed by atoms with Gasteiger partial charge in [-0.3, -0.25) is 9.11 Å². The molecule has 0 amide bonds. The van der Waals surface area contributed by atoms with E-state index in [0.29, 0.717) is 5.69 Å². The lowest BCUT2D eigenvalue weighted by molar-refractivity contribution is -0.432. The maximum absolute atomic E-state index is 12.6. The van der Waals surface area contributed by atoms with Crippen LogP contribution in [0.3, 0.4) is 0 Å². The van der Waals surface area contributed by atoms with Crippen LogP contribution in [0.25, 0.3) is 10.8 Å². The summed E-state index contributed by atoms with van der Waals surface area (Å²) in [4.78, 5) is 12.9. The minimum absolute atomic E-state index is 0.00147. The molecule has 0 saturated carbocycles.